The molecule has 2 N–H and O–H groups in total. The van der Waals surface area contributed by atoms with Crippen molar-refractivity contribution >= 4 is 17.5 Å². The van der Waals surface area contributed by atoms with Crippen molar-refractivity contribution in [2.45, 2.75) is 31.7 Å². The average Bonchev–Trinajstić information content (AvgIpc) is 2.92. The van der Waals surface area contributed by atoms with Gasteiger partial charge in [0.25, 0.3) is 0 Å². The fourth-order valence-electron chi connectivity index (χ4n) is 2.47. The van der Waals surface area contributed by atoms with Crippen LogP contribution in [0, 0.1) is 18.6 Å². The molecule has 0 aliphatic heterocycles. The molecule has 0 bridgehead atoms. The number of anilines is 1. The largest absolute Gasteiger partial charge is 0.340 e. The van der Waals surface area contributed by atoms with Crippen LogP contribution in [-0.2, 0) is 15.1 Å². The molecule has 2 aromatic rings. The molecule has 1 aliphatic rings. The summed E-state index contributed by atoms with van der Waals surface area (Å²) in [7, 11) is 0. The van der Waals surface area contributed by atoms with Crippen LogP contribution in [0.1, 0.15) is 31.0 Å². The standard InChI is InChI=1S/C15H14F2N4O3/c1-8-18-14(21-24-8)15(5-2-6-15)20-13(23)12(22)19-11-4-3-9(16)7-10(11)17/h3-4,7H,2,5-6H2,1H3,(H,19,22)(H,20,23). The highest BCUT2D eigenvalue weighted by Crippen LogP contribution is 2.39. The predicted molar refractivity (Wildman–Crippen MR) is 77.7 cm³/mol. The fourth-order valence-corrected chi connectivity index (χ4v) is 2.47. The van der Waals surface area contributed by atoms with Crippen molar-refractivity contribution in [2.24, 2.45) is 0 Å². The fraction of sp³-hybridized carbons (Fsp3) is 0.333. The van der Waals surface area contributed by atoms with E-state index >= 15 is 0 Å². The van der Waals surface area contributed by atoms with E-state index in [9.17, 15) is 18.4 Å². The van der Waals surface area contributed by atoms with Crippen LogP contribution < -0.4 is 10.6 Å². The molecule has 2 amide bonds. The topological polar surface area (TPSA) is 97.1 Å². The molecular formula is C15H14F2N4O3. The van der Waals surface area contributed by atoms with Gasteiger partial charge in [0.05, 0.1) is 5.69 Å². The molecule has 9 heteroatoms. The summed E-state index contributed by atoms with van der Waals surface area (Å²) in [4.78, 5) is 28.2. The lowest BCUT2D eigenvalue weighted by molar-refractivity contribution is -0.138. The Kier molecular flexibility index (Phi) is 4.00. The van der Waals surface area contributed by atoms with E-state index in [1.807, 2.05) is 0 Å². The number of nitrogens with zero attached hydrogens (tertiary/aromatic N) is 2. The van der Waals surface area contributed by atoms with E-state index in [0.29, 0.717) is 30.6 Å². The van der Waals surface area contributed by atoms with Crippen LogP contribution >= 0.6 is 0 Å². The third-order valence-electron chi connectivity index (χ3n) is 3.90. The number of amides is 2. The number of nitrogens with one attached hydrogen (secondary N) is 2. The van der Waals surface area contributed by atoms with E-state index in [1.54, 1.807) is 6.92 Å². The second kappa shape index (κ2) is 5.99. The lowest BCUT2D eigenvalue weighted by Crippen LogP contribution is -2.54. The first-order valence-corrected chi connectivity index (χ1v) is 7.29. The van der Waals surface area contributed by atoms with Gasteiger partial charge in [0, 0.05) is 13.0 Å². The molecular weight excluding hydrogens is 322 g/mol. The molecule has 0 unspecified atom stereocenters. The van der Waals surface area contributed by atoms with Crippen LogP contribution in [0.3, 0.4) is 0 Å². The van der Waals surface area contributed by atoms with Gasteiger partial charge in [-0.25, -0.2) is 8.78 Å². The van der Waals surface area contributed by atoms with Crippen LogP contribution in [0.5, 0.6) is 0 Å². The number of aromatic nitrogens is 2. The number of hydrogen-bond acceptors (Lipinski definition) is 5. The van der Waals surface area contributed by atoms with E-state index in [4.69, 9.17) is 4.52 Å². The van der Waals surface area contributed by atoms with Gasteiger partial charge in [0.2, 0.25) is 5.89 Å². The van der Waals surface area contributed by atoms with Gasteiger partial charge in [0.15, 0.2) is 5.82 Å². The van der Waals surface area contributed by atoms with Crippen molar-refractivity contribution < 1.29 is 22.9 Å². The van der Waals surface area contributed by atoms with Crippen LogP contribution in [0.4, 0.5) is 14.5 Å². The number of carbonyl (C=O) groups excluding carboxylic acids is 2. The van der Waals surface area contributed by atoms with Crippen molar-refractivity contribution in [2.75, 3.05) is 5.32 Å². The Morgan fingerprint density at radius 1 is 1.25 bits per heavy atom. The van der Waals surface area contributed by atoms with Crippen molar-refractivity contribution in [3.05, 3.63) is 41.5 Å². The van der Waals surface area contributed by atoms with Crippen LogP contribution in [0.25, 0.3) is 0 Å². The van der Waals surface area contributed by atoms with E-state index in [2.05, 4.69) is 20.8 Å². The third-order valence-corrected chi connectivity index (χ3v) is 3.90. The predicted octanol–water partition coefficient (Wildman–Crippen LogP) is 1.79. The second-order valence-electron chi connectivity index (χ2n) is 5.61. The highest BCUT2D eigenvalue weighted by Gasteiger charge is 2.45. The van der Waals surface area contributed by atoms with Gasteiger partial charge in [-0.2, -0.15) is 4.98 Å². The molecule has 1 fully saturated rings. The molecule has 0 atom stereocenters. The minimum Gasteiger partial charge on any atom is -0.340 e. The molecule has 126 valence electrons. The molecule has 24 heavy (non-hydrogen) atoms. The minimum atomic E-state index is -1.06. The first-order chi connectivity index (χ1) is 11.4. The third kappa shape index (κ3) is 2.97. The maximum absolute atomic E-state index is 13.5. The quantitative estimate of drug-likeness (QED) is 0.833. The van der Waals surface area contributed by atoms with Crippen LogP contribution in [0.15, 0.2) is 22.7 Å². The van der Waals surface area contributed by atoms with Crippen LogP contribution in [-0.4, -0.2) is 22.0 Å². The van der Waals surface area contributed by atoms with Gasteiger partial charge < -0.3 is 15.2 Å². The number of carbonyl (C=O) groups is 2. The maximum atomic E-state index is 13.5. The summed E-state index contributed by atoms with van der Waals surface area (Å²) in [5, 5.41) is 8.48. The first kappa shape index (κ1) is 16.0. The molecule has 1 saturated carbocycles. The summed E-state index contributed by atoms with van der Waals surface area (Å²) in [6.07, 6.45) is 1.97. The highest BCUT2D eigenvalue weighted by atomic mass is 19.1. The zero-order valence-corrected chi connectivity index (χ0v) is 12.7. The molecule has 0 radical (unpaired) electrons. The van der Waals surface area contributed by atoms with Crippen molar-refractivity contribution in [1.29, 1.82) is 0 Å². The first-order valence-electron chi connectivity index (χ1n) is 7.29. The maximum Gasteiger partial charge on any atom is 0.313 e. The lowest BCUT2D eigenvalue weighted by Gasteiger charge is -2.39. The summed E-state index contributed by atoms with van der Waals surface area (Å²) in [6, 6.07) is 2.63. The van der Waals surface area contributed by atoms with Gasteiger partial charge >= 0.3 is 11.8 Å². The Bertz CT molecular complexity index is 802. The molecule has 1 aliphatic carbocycles. The second-order valence-corrected chi connectivity index (χ2v) is 5.61. The van der Waals surface area contributed by atoms with Crippen molar-refractivity contribution in [3.63, 3.8) is 0 Å². The normalized spacial score (nSPS) is 15.5. The van der Waals surface area contributed by atoms with E-state index < -0.39 is 29.0 Å². The highest BCUT2D eigenvalue weighted by molar-refractivity contribution is 6.39. The Hall–Kier alpha value is -2.84. The monoisotopic (exact) mass is 336 g/mol. The van der Waals surface area contributed by atoms with Gasteiger partial charge in [-0.3, -0.25) is 9.59 Å². The summed E-state index contributed by atoms with van der Waals surface area (Å²) in [6.45, 7) is 1.62. The number of hydrogen-bond donors (Lipinski definition) is 2. The van der Waals surface area contributed by atoms with E-state index in [-0.39, 0.29) is 5.69 Å². The Balaban J connectivity index is 1.70. The van der Waals surface area contributed by atoms with Gasteiger partial charge in [0.1, 0.15) is 17.2 Å². The minimum absolute atomic E-state index is 0.283. The zero-order valence-electron chi connectivity index (χ0n) is 12.7. The number of rotatable bonds is 3. The molecule has 7 nitrogen and oxygen atoms in total. The molecule has 0 spiro atoms. The van der Waals surface area contributed by atoms with Gasteiger partial charge in [-0.1, -0.05) is 5.16 Å². The summed E-state index contributed by atoms with van der Waals surface area (Å²) in [5.74, 6) is -3.12. The summed E-state index contributed by atoms with van der Waals surface area (Å²) in [5.41, 5.74) is -1.14. The van der Waals surface area contributed by atoms with E-state index in [0.717, 1.165) is 18.6 Å². The molecule has 3 rings (SSSR count). The Morgan fingerprint density at radius 3 is 2.54 bits per heavy atom. The Labute approximate surface area is 135 Å². The molecule has 1 aromatic carbocycles. The SMILES string of the molecule is Cc1nc(C2(NC(=O)C(=O)Nc3ccc(F)cc3F)CCC2)no1. The smallest absolute Gasteiger partial charge is 0.313 e. The summed E-state index contributed by atoms with van der Waals surface area (Å²) >= 11 is 0. The van der Waals surface area contributed by atoms with E-state index in [1.165, 1.54) is 0 Å². The zero-order chi connectivity index (χ0) is 17.3. The number of halogens is 2. The lowest BCUT2D eigenvalue weighted by atomic mass is 9.76. The Morgan fingerprint density at radius 2 is 2.00 bits per heavy atom. The average molecular weight is 336 g/mol. The number of aryl methyl sites for hydroxylation is 1. The van der Waals surface area contributed by atoms with Crippen molar-refractivity contribution in [3.8, 4) is 0 Å². The molecule has 1 aromatic heterocycles. The number of benzene rings is 1. The van der Waals surface area contributed by atoms with Gasteiger partial charge in [-0.15, -0.1) is 0 Å². The summed E-state index contributed by atoms with van der Waals surface area (Å²) < 4.78 is 31.3. The molecule has 1 heterocycles. The molecule has 0 saturated heterocycles. The van der Waals surface area contributed by atoms with Crippen LogP contribution in [0.2, 0.25) is 0 Å². The van der Waals surface area contributed by atoms with Gasteiger partial charge in [-0.05, 0) is 31.4 Å². The van der Waals surface area contributed by atoms with Crippen molar-refractivity contribution in [1.82, 2.24) is 15.5 Å².